The van der Waals surface area contributed by atoms with E-state index in [0.717, 1.165) is 11.5 Å². The minimum absolute atomic E-state index is 0.0287. The van der Waals surface area contributed by atoms with E-state index in [0.29, 0.717) is 19.6 Å². The van der Waals surface area contributed by atoms with E-state index in [1.54, 1.807) is 22.4 Å². The zero-order valence-electron chi connectivity index (χ0n) is 9.53. The molecule has 0 amide bonds. The number of aliphatic hydroxyl groups is 2. The highest BCUT2D eigenvalue weighted by molar-refractivity contribution is 5.73. The first-order valence-electron chi connectivity index (χ1n) is 5.50. The van der Waals surface area contributed by atoms with Crippen LogP contribution in [-0.2, 0) is 0 Å². The summed E-state index contributed by atoms with van der Waals surface area (Å²) in [5.41, 5.74) is 0.913. The highest BCUT2D eigenvalue weighted by Crippen LogP contribution is 2.26. The fraction of sp³-hybridized carbons (Fsp3) is 0.500. The first-order valence-corrected chi connectivity index (χ1v) is 5.50. The van der Waals surface area contributed by atoms with Crippen LogP contribution >= 0.6 is 0 Å². The maximum absolute atomic E-state index is 9.03. The Morgan fingerprint density at radius 1 is 1.35 bits per heavy atom. The van der Waals surface area contributed by atoms with Crippen molar-refractivity contribution in [1.29, 1.82) is 0 Å². The number of nitrogens with two attached hydrogens (primary N) is 1. The van der Waals surface area contributed by atoms with Gasteiger partial charge in [0.15, 0.2) is 5.82 Å². The molecule has 0 saturated carbocycles. The van der Waals surface area contributed by atoms with Crippen molar-refractivity contribution in [2.24, 2.45) is 10.8 Å². The van der Waals surface area contributed by atoms with Crippen molar-refractivity contribution in [3.05, 3.63) is 23.8 Å². The molecule has 0 aromatic heterocycles. The van der Waals surface area contributed by atoms with Crippen LogP contribution in [0.25, 0.3) is 0 Å². The van der Waals surface area contributed by atoms with Crippen molar-refractivity contribution in [3.63, 3.8) is 0 Å². The lowest BCUT2D eigenvalue weighted by Gasteiger charge is -2.24. The van der Waals surface area contributed by atoms with Crippen LogP contribution in [-0.4, -0.2) is 64.3 Å². The molecule has 7 heteroatoms. The molecule has 94 valence electrons. The van der Waals surface area contributed by atoms with Gasteiger partial charge in [-0.15, -0.1) is 5.12 Å². The molecule has 2 aliphatic rings. The summed E-state index contributed by atoms with van der Waals surface area (Å²) in [6, 6.07) is 0. The van der Waals surface area contributed by atoms with Crippen molar-refractivity contribution in [3.8, 4) is 0 Å². The summed E-state index contributed by atoms with van der Waals surface area (Å²) in [5, 5.41) is 21.3. The Morgan fingerprint density at radius 3 is 2.71 bits per heavy atom. The average molecular weight is 239 g/mol. The van der Waals surface area contributed by atoms with E-state index in [1.807, 2.05) is 11.1 Å². The van der Waals surface area contributed by atoms with E-state index in [9.17, 15) is 0 Å². The molecule has 0 bridgehead atoms. The third-order valence-corrected chi connectivity index (χ3v) is 2.70. The van der Waals surface area contributed by atoms with Crippen LogP contribution in [0.4, 0.5) is 0 Å². The van der Waals surface area contributed by atoms with Gasteiger partial charge in [-0.3, -0.25) is 0 Å². The topological polar surface area (TPSA) is 88.6 Å². The first-order chi connectivity index (χ1) is 8.27. The second-order valence-corrected chi connectivity index (χ2v) is 3.77. The van der Waals surface area contributed by atoms with Gasteiger partial charge in [-0.05, 0) is 6.08 Å². The minimum atomic E-state index is 0.0287. The number of hydrogen-bond acceptors (Lipinski definition) is 7. The van der Waals surface area contributed by atoms with E-state index in [2.05, 4.69) is 4.99 Å². The molecule has 0 aromatic carbocycles. The molecule has 0 saturated heterocycles. The molecule has 2 rings (SSSR count). The van der Waals surface area contributed by atoms with Gasteiger partial charge in [0.1, 0.15) is 0 Å². The Balaban J connectivity index is 2.23. The molecule has 0 aliphatic carbocycles. The fourth-order valence-corrected chi connectivity index (χ4v) is 1.94. The molecule has 0 unspecified atom stereocenters. The van der Waals surface area contributed by atoms with Gasteiger partial charge in [0.25, 0.3) is 0 Å². The molecular weight excluding hydrogens is 222 g/mol. The van der Waals surface area contributed by atoms with E-state index in [1.165, 1.54) is 0 Å². The monoisotopic (exact) mass is 239 g/mol. The molecule has 4 N–H and O–H groups in total. The lowest BCUT2D eigenvalue weighted by molar-refractivity contribution is 0.0863. The molecule has 0 spiro atoms. The van der Waals surface area contributed by atoms with Crippen LogP contribution in [0.1, 0.15) is 0 Å². The number of allylic oxidation sites excluding steroid dienone is 1. The van der Waals surface area contributed by atoms with Gasteiger partial charge in [0, 0.05) is 25.5 Å². The van der Waals surface area contributed by atoms with Crippen LogP contribution in [0.3, 0.4) is 0 Å². The molecule has 17 heavy (non-hydrogen) atoms. The number of hydrogen-bond donors (Lipinski definition) is 3. The summed E-state index contributed by atoms with van der Waals surface area (Å²) in [6.45, 7) is 1.49. The van der Waals surface area contributed by atoms with E-state index < -0.39 is 0 Å². The molecule has 0 radical (unpaired) electrons. The molecule has 2 aliphatic heterocycles. The number of rotatable bonds is 5. The highest BCUT2D eigenvalue weighted by Gasteiger charge is 2.30. The van der Waals surface area contributed by atoms with Gasteiger partial charge in [-0.25, -0.2) is 15.8 Å². The first kappa shape index (κ1) is 12.1. The van der Waals surface area contributed by atoms with Gasteiger partial charge in [0.05, 0.1) is 25.5 Å². The zero-order chi connectivity index (χ0) is 12.3. The molecule has 0 aromatic rings. The van der Waals surface area contributed by atoms with Gasteiger partial charge in [-0.1, -0.05) is 0 Å². The Kier molecular flexibility index (Phi) is 3.75. The molecule has 0 atom stereocenters. The third-order valence-electron chi connectivity index (χ3n) is 2.70. The van der Waals surface area contributed by atoms with Crippen LogP contribution in [0.5, 0.6) is 0 Å². The zero-order valence-corrected chi connectivity index (χ0v) is 9.53. The highest BCUT2D eigenvalue weighted by atomic mass is 16.3. The Hall–Kier alpha value is -1.41. The lowest BCUT2D eigenvalue weighted by atomic mass is 10.3. The standard InChI is InChI=1S/C10H17N5O2/c11-15-8-9(13(4-6-16)5-7-17)10-12-2-1-3-14(10)15/h1-3,16-17H,4-8,11H2. The van der Waals surface area contributed by atoms with E-state index in [-0.39, 0.29) is 13.2 Å². The fourth-order valence-electron chi connectivity index (χ4n) is 1.94. The molecule has 0 fully saturated rings. The van der Waals surface area contributed by atoms with Crippen molar-refractivity contribution in [2.75, 3.05) is 32.8 Å². The second-order valence-electron chi connectivity index (χ2n) is 3.77. The number of aliphatic hydroxyl groups excluding tert-OH is 2. The quantitative estimate of drug-likeness (QED) is 0.503. The second kappa shape index (κ2) is 5.28. The van der Waals surface area contributed by atoms with Crippen molar-refractivity contribution >= 4 is 6.21 Å². The van der Waals surface area contributed by atoms with E-state index >= 15 is 0 Å². The van der Waals surface area contributed by atoms with Crippen LogP contribution < -0.4 is 5.84 Å². The summed E-state index contributed by atoms with van der Waals surface area (Å²) < 4.78 is 0. The van der Waals surface area contributed by atoms with Gasteiger partial charge < -0.3 is 15.1 Å². The summed E-state index contributed by atoms with van der Waals surface area (Å²) >= 11 is 0. The maximum atomic E-state index is 9.03. The summed E-state index contributed by atoms with van der Waals surface area (Å²) in [7, 11) is 0. The minimum Gasteiger partial charge on any atom is -0.395 e. The molecular formula is C10H17N5O2. The SMILES string of the molecule is NN1CC(N(CCO)CCO)=C2N=CC=CN21. The van der Waals surface area contributed by atoms with Crippen molar-refractivity contribution in [1.82, 2.24) is 15.0 Å². The largest absolute Gasteiger partial charge is 0.395 e. The third kappa shape index (κ3) is 2.32. The number of hydrazine groups is 2. The predicted octanol–water partition coefficient (Wildman–Crippen LogP) is -1.55. The molecule has 2 heterocycles. The van der Waals surface area contributed by atoms with Crippen molar-refractivity contribution in [2.45, 2.75) is 0 Å². The van der Waals surface area contributed by atoms with Crippen LogP contribution in [0.15, 0.2) is 28.8 Å². The van der Waals surface area contributed by atoms with E-state index in [4.69, 9.17) is 16.1 Å². The van der Waals surface area contributed by atoms with Gasteiger partial charge in [-0.2, -0.15) is 0 Å². The maximum Gasteiger partial charge on any atom is 0.169 e. The number of nitrogens with zero attached hydrogens (tertiary/aromatic N) is 4. The summed E-state index contributed by atoms with van der Waals surface area (Å²) in [6.07, 6.45) is 5.32. The predicted molar refractivity (Wildman–Crippen MR) is 63.1 cm³/mol. The lowest BCUT2D eigenvalue weighted by Crippen LogP contribution is -2.40. The van der Waals surface area contributed by atoms with Gasteiger partial charge >= 0.3 is 0 Å². The van der Waals surface area contributed by atoms with Crippen molar-refractivity contribution < 1.29 is 10.2 Å². The van der Waals surface area contributed by atoms with Crippen LogP contribution in [0, 0.1) is 0 Å². The average Bonchev–Trinajstić information content (AvgIpc) is 2.67. The smallest absolute Gasteiger partial charge is 0.169 e. The van der Waals surface area contributed by atoms with Crippen LogP contribution in [0.2, 0.25) is 0 Å². The Bertz CT molecular complexity index is 360. The Labute approximate surface area is 99.7 Å². The normalized spacial score (nSPS) is 19.1. The molecule has 7 nitrogen and oxygen atoms in total. The summed E-state index contributed by atoms with van der Waals surface area (Å²) in [5.74, 6) is 6.60. The number of aliphatic imine (C=N–C) groups is 1. The number of fused-ring (bicyclic) bond motifs is 1. The van der Waals surface area contributed by atoms with Gasteiger partial charge in [0.2, 0.25) is 0 Å². The Morgan fingerprint density at radius 2 is 2.06 bits per heavy atom. The summed E-state index contributed by atoms with van der Waals surface area (Å²) in [4.78, 5) is 6.17.